The smallest absolute Gasteiger partial charge is 0.416 e. The summed E-state index contributed by atoms with van der Waals surface area (Å²) in [6.45, 7) is 5.94. The highest BCUT2D eigenvalue weighted by atomic mass is 35.5. The van der Waals surface area contributed by atoms with Crippen molar-refractivity contribution < 1.29 is 36.6 Å². The minimum Gasteiger partial charge on any atom is -0.493 e. The summed E-state index contributed by atoms with van der Waals surface area (Å²) in [4.78, 5) is 38.4. The number of piperidine rings is 1. The number of hydrogen-bond donors (Lipinski definition) is 1. The largest absolute Gasteiger partial charge is 0.493 e. The SMILES string of the molecule is COc1cc2c(Oc3ccc(NC(=O)c4cc5cccnc5n(-c5ccc(C(F)(F)F)cc5Cl)c4=O)cc3F)ccnc2cc1OCCCN1CCC(C)CC1. The molecule has 0 unspecified atom stereocenters. The fourth-order valence-electron chi connectivity index (χ4n) is 6.62. The Kier molecular flexibility index (Phi) is 11.1. The molecule has 0 spiro atoms. The Bertz CT molecular complexity index is 2490. The Morgan fingerprint density at radius 1 is 0.946 bits per heavy atom. The van der Waals surface area contributed by atoms with Crippen LogP contribution in [0.25, 0.3) is 27.6 Å². The zero-order chi connectivity index (χ0) is 39.6. The molecule has 1 aliphatic rings. The lowest BCUT2D eigenvalue weighted by Gasteiger charge is -2.30. The van der Waals surface area contributed by atoms with E-state index in [1.807, 2.05) is 0 Å². The van der Waals surface area contributed by atoms with Crippen LogP contribution >= 0.6 is 11.6 Å². The summed E-state index contributed by atoms with van der Waals surface area (Å²) < 4.78 is 74.2. The van der Waals surface area contributed by atoms with Gasteiger partial charge in [0.25, 0.3) is 11.5 Å². The number of hydrogen-bond acceptors (Lipinski definition) is 8. The Hall–Kier alpha value is -5.73. The first-order chi connectivity index (χ1) is 26.9. The van der Waals surface area contributed by atoms with E-state index in [9.17, 15) is 22.8 Å². The number of halogens is 5. The number of fused-ring (bicyclic) bond motifs is 2. The average molecular weight is 790 g/mol. The van der Waals surface area contributed by atoms with Crippen molar-refractivity contribution in [2.45, 2.75) is 32.4 Å². The third kappa shape index (κ3) is 8.26. The van der Waals surface area contributed by atoms with Gasteiger partial charge >= 0.3 is 6.18 Å². The molecule has 6 aromatic rings. The van der Waals surface area contributed by atoms with Crippen molar-refractivity contribution in [3.05, 3.63) is 118 Å². The van der Waals surface area contributed by atoms with Gasteiger partial charge in [0.05, 0.1) is 35.5 Å². The highest BCUT2D eigenvalue weighted by Gasteiger charge is 2.31. The summed E-state index contributed by atoms with van der Waals surface area (Å²) in [5.74, 6) is 0.176. The molecule has 3 aromatic carbocycles. The van der Waals surface area contributed by atoms with E-state index in [1.54, 1.807) is 30.3 Å². The highest BCUT2D eigenvalue weighted by molar-refractivity contribution is 6.32. The molecule has 4 heterocycles. The Balaban J connectivity index is 1.08. The van der Waals surface area contributed by atoms with E-state index in [1.165, 1.54) is 50.5 Å². The number of rotatable bonds is 11. The summed E-state index contributed by atoms with van der Waals surface area (Å²) >= 11 is 6.24. The number of nitrogens with one attached hydrogen (secondary N) is 1. The fourth-order valence-corrected chi connectivity index (χ4v) is 6.88. The van der Waals surface area contributed by atoms with Gasteiger partial charge in [0, 0.05) is 47.5 Å². The van der Waals surface area contributed by atoms with Gasteiger partial charge in [0.2, 0.25) is 0 Å². The third-order valence-corrected chi connectivity index (χ3v) is 9.97. The number of nitrogens with zero attached hydrogens (tertiary/aromatic N) is 4. The lowest BCUT2D eigenvalue weighted by atomic mass is 9.99. The Morgan fingerprint density at radius 2 is 1.75 bits per heavy atom. The molecular formula is C41H36ClF4N5O5. The molecule has 1 N–H and O–H groups in total. The number of methoxy groups -OCH3 is 1. The maximum Gasteiger partial charge on any atom is 0.416 e. The van der Waals surface area contributed by atoms with Crippen LogP contribution in [0.3, 0.4) is 0 Å². The first-order valence-electron chi connectivity index (χ1n) is 17.9. The summed E-state index contributed by atoms with van der Waals surface area (Å²) in [5.41, 5.74) is -1.82. The Morgan fingerprint density at radius 3 is 2.48 bits per heavy atom. The number of likely N-dealkylation sites (tertiary alicyclic amines) is 1. The number of anilines is 1. The van der Waals surface area contributed by atoms with Crippen molar-refractivity contribution in [1.29, 1.82) is 0 Å². The van der Waals surface area contributed by atoms with E-state index >= 15 is 4.39 Å². The van der Waals surface area contributed by atoms with Crippen LogP contribution in [0.2, 0.25) is 5.02 Å². The molecule has 0 aliphatic carbocycles. The minimum absolute atomic E-state index is 0.00235. The predicted molar refractivity (Wildman–Crippen MR) is 205 cm³/mol. The molecule has 1 fully saturated rings. The number of alkyl halides is 3. The van der Waals surface area contributed by atoms with Gasteiger partial charge in [-0.25, -0.2) is 9.37 Å². The molecule has 1 aliphatic heterocycles. The molecule has 1 amide bonds. The van der Waals surface area contributed by atoms with Crippen LogP contribution in [0.4, 0.5) is 23.2 Å². The zero-order valence-corrected chi connectivity index (χ0v) is 31.1. The molecule has 1 saturated heterocycles. The van der Waals surface area contributed by atoms with E-state index in [4.69, 9.17) is 25.8 Å². The molecule has 0 bridgehead atoms. The van der Waals surface area contributed by atoms with E-state index < -0.39 is 29.0 Å². The molecule has 3 aromatic heterocycles. The summed E-state index contributed by atoms with van der Waals surface area (Å²) in [6.07, 6.45) is 1.53. The molecule has 0 radical (unpaired) electrons. The first-order valence-corrected chi connectivity index (χ1v) is 18.3. The number of carbonyl (C=O) groups is 1. The van der Waals surface area contributed by atoms with E-state index in [0.29, 0.717) is 46.2 Å². The average Bonchev–Trinajstić information content (AvgIpc) is 3.17. The van der Waals surface area contributed by atoms with Gasteiger partial charge in [0.1, 0.15) is 17.0 Å². The maximum atomic E-state index is 15.5. The number of amides is 1. The lowest BCUT2D eigenvalue weighted by Crippen LogP contribution is -2.34. The third-order valence-electron chi connectivity index (χ3n) is 9.67. The molecule has 15 heteroatoms. The van der Waals surface area contributed by atoms with Crippen LogP contribution in [0, 0.1) is 11.7 Å². The standard InChI is InChI=1S/C41H36ClF4N5O5/c1-24-11-16-50(17-12-24)15-4-18-55-37-23-32-28(22-36(37)54-2)34(10-14-47-32)56-35-9-7-27(21-31(35)43)49-39(52)29-19-25-5-3-13-48-38(25)51(40(29)53)33-8-6-26(20-30(33)42)41(44,45)46/h3,5-10,13-14,19-24H,4,11-12,15-18H2,1-2H3,(H,49,52). The second-order valence-electron chi connectivity index (χ2n) is 13.5. The number of pyridine rings is 3. The Labute approximate surface area is 323 Å². The van der Waals surface area contributed by atoms with Crippen LogP contribution in [-0.2, 0) is 6.18 Å². The van der Waals surface area contributed by atoms with Crippen molar-refractivity contribution >= 4 is 45.1 Å². The van der Waals surface area contributed by atoms with Gasteiger partial charge in [-0.15, -0.1) is 0 Å². The maximum absolute atomic E-state index is 15.5. The van der Waals surface area contributed by atoms with Gasteiger partial charge in [-0.2, -0.15) is 13.2 Å². The van der Waals surface area contributed by atoms with Gasteiger partial charge in [-0.05, 0) is 98.9 Å². The number of ether oxygens (including phenoxy) is 3. The normalized spacial score (nSPS) is 13.9. The monoisotopic (exact) mass is 789 g/mol. The highest BCUT2D eigenvalue weighted by Crippen LogP contribution is 2.38. The van der Waals surface area contributed by atoms with Crippen LogP contribution in [0.1, 0.15) is 42.1 Å². The van der Waals surface area contributed by atoms with E-state index in [2.05, 4.69) is 27.1 Å². The van der Waals surface area contributed by atoms with Crippen LogP contribution in [-0.4, -0.2) is 58.7 Å². The number of aromatic nitrogens is 3. The lowest BCUT2D eigenvalue weighted by molar-refractivity contribution is -0.137. The molecule has 290 valence electrons. The van der Waals surface area contributed by atoms with Crippen LogP contribution in [0.5, 0.6) is 23.0 Å². The van der Waals surface area contributed by atoms with Crippen LogP contribution < -0.4 is 25.1 Å². The van der Waals surface area contributed by atoms with Gasteiger partial charge in [0.15, 0.2) is 23.1 Å². The van der Waals surface area contributed by atoms with Crippen LogP contribution in [0.15, 0.2) is 90.0 Å². The van der Waals surface area contributed by atoms with E-state index in [0.717, 1.165) is 54.7 Å². The van der Waals surface area contributed by atoms with Crippen molar-refractivity contribution in [3.8, 4) is 28.7 Å². The number of benzene rings is 3. The summed E-state index contributed by atoms with van der Waals surface area (Å²) in [5, 5.41) is 3.01. The topological polar surface area (TPSA) is 108 Å². The molecular weight excluding hydrogens is 754 g/mol. The molecule has 7 rings (SSSR count). The second-order valence-corrected chi connectivity index (χ2v) is 13.9. The van der Waals surface area contributed by atoms with Crippen molar-refractivity contribution in [2.75, 3.05) is 38.7 Å². The zero-order valence-electron chi connectivity index (χ0n) is 30.3. The molecule has 0 saturated carbocycles. The van der Waals surface area contributed by atoms with Gasteiger partial charge in [-0.3, -0.25) is 19.1 Å². The molecule has 56 heavy (non-hydrogen) atoms. The minimum atomic E-state index is -4.67. The predicted octanol–water partition coefficient (Wildman–Crippen LogP) is 9.30. The van der Waals surface area contributed by atoms with E-state index in [-0.39, 0.29) is 33.4 Å². The van der Waals surface area contributed by atoms with Gasteiger partial charge in [-0.1, -0.05) is 18.5 Å². The van der Waals surface area contributed by atoms with Gasteiger partial charge < -0.3 is 24.4 Å². The summed E-state index contributed by atoms with van der Waals surface area (Å²) in [6, 6.07) is 15.7. The first kappa shape index (κ1) is 38.5. The summed E-state index contributed by atoms with van der Waals surface area (Å²) in [7, 11) is 1.53. The fraction of sp³-hybridized carbons (Fsp3) is 0.268. The second kappa shape index (κ2) is 16.2. The van der Waals surface area contributed by atoms with Crippen molar-refractivity contribution in [2.24, 2.45) is 5.92 Å². The number of carbonyl (C=O) groups excluding carboxylic acids is 1. The van der Waals surface area contributed by atoms with Crippen molar-refractivity contribution in [3.63, 3.8) is 0 Å². The molecule has 0 atom stereocenters. The molecule has 10 nitrogen and oxygen atoms in total. The van der Waals surface area contributed by atoms with Crippen molar-refractivity contribution in [1.82, 2.24) is 19.4 Å². The quantitative estimate of drug-likeness (QED) is 0.102.